The number of hydrogen-bond acceptors (Lipinski definition) is 5. The first kappa shape index (κ1) is 15.7. The van der Waals surface area contributed by atoms with Gasteiger partial charge in [-0.25, -0.2) is 4.98 Å². The molecule has 6 nitrogen and oxygen atoms in total. The van der Waals surface area contributed by atoms with Crippen molar-refractivity contribution in [1.82, 2.24) is 19.9 Å². The number of H-pyrrole nitrogens is 1. The van der Waals surface area contributed by atoms with Crippen molar-refractivity contribution in [3.8, 4) is 11.1 Å². The normalized spacial score (nSPS) is 17.8. The van der Waals surface area contributed by atoms with Crippen LogP contribution in [0.2, 0.25) is 0 Å². The molecule has 0 bridgehead atoms. The molecule has 1 atom stereocenters. The minimum absolute atomic E-state index is 0.146. The maximum Gasteiger partial charge on any atom is 0.262 e. The number of piperidine rings is 1. The van der Waals surface area contributed by atoms with Crippen LogP contribution >= 0.6 is 0 Å². The summed E-state index contributed by atoms with van der Waals surface area (Å²) in [5, 5.41) is 0.518. The topological polar surface area (TPSA) is 74.8 Å². The standard InChI is InChI=1S/C19H21N5O/c1-2-14-7-3-4-11-24(14)19-22-17-16(18(25)23-19)15(8-10-21-17)13-6-5-9-20-12-13/h5-6,8-10,12,14H,2-4,7,11H2,1H3,(H,21,22,23,25). The minimum atomic E-state index is -0.146. The number of nitrogens with one attached hydrogen (secondary N) is 1. The van der Waals surface area contributed by atoms with E-state index in [1.165, 1.54) is 6.42 Å². The van der Waals surface area contributed by atoms with Gasteiger partial charge in [0.15, 0.2) is 5.65 Å². The SMILES string of the molecule is CCC1CCCCN1c1nc2nccc(-c3cccnc3)c2c(=O)[nH]1. The van der Waals surface area contributed by atoms with Crippen LogP contribution < -0.4 is 10.5 Å². The van der Waals surface area contributed by atoms with Gasteiger partial charge in [-0.2, -0.15) is 4.98 Å². The Balaban J connectivity index is 1.85. The summed E-state index contributed by atoms with van der Waals surface area (Å²) in [6, 6.07) is 6.06. The molecule has 1 aliphatic heterocycles. The van der Waals surface area contributed by atoms with Crippen molar-refractivity contribution in [1.29, 1.82) is 0 Å². The summed E-state index contributed by atoms with van der Waals surface area (Å²) in [6.07, 6.45) is 9.72. The van der Waals surface area contributed by atoms with Crippen LogP contribution in [0, 0.1) is 0 Å². The lowest BCUT2D eigenvalue weighted by Gasteiger charge is -2.35. The van der Waals surface area contributed by atoms with Gasteiger partial charge in [0.25, 0.3) is 5.56 Å². The van der Waals surface area contributed by atoms with Crippen LogP contribution in [0.25, 0.3) is 22.2 Å². The molecule has 1 saturated heterocycles. The van der Waals surface area contributed by atoms with Gasteiger partial charge in [0, 0.05) is 42.3 Å². The third kappa shape index (κ3) is 2.88. The number of hydrogen-bond donors (Lipinski definition) is 1. The molecule has 4 heterocycles. The van der Waals surface area contributed by atoms with Gasteiger partial charge in [-0.15, -0.1) is 0 Å². The van der Waals surface area contributed by atoms with Gasteiger partial charge in [0.05, 0.1) is 5.39 Å². The molecular weight excluding hydrogens is 314 g/mol. The smallest absolute Gasteiger partial charge is 0.262 e. The molecule has 0 radical (unpaired) electrons. The van der Waals surface area contributed by atoms with Crippen molar-refractivity contribution in [3.63, 3.8) is 0 Å². The van der Waals surface area contributed by atoms with E-state index in [9.17, 15) is 4.79 Å². The Morgan fingerprint density at radius 3 is 3.00 bits per heavy atom. The van der Waals surface area contributed by atoms with Crippen molar-refractivity contribution >= 4 is 17.0 Å². The molecule has 1 unspecified atom stereocenters. The van der Waals surface area contributed by atoms with E-state index < -0.39 is 0 Å². The largest absolute Gasteiger partial charge is 0.339 e. The average Bonchev–Trinajstić information content (AvgIpc) is 2.68. The number of nitrogens with zero attached hydrogens (tertiary/aromatic N) is 4. The lowest BCUT2D eigenvalue weighted by molar-refractivity contribution is 0.443. The second-order valence-electron chi connectivity index (χ2n) is 6.44. The Labute approximate surface area is 146 Å². The zero-order valence-corrected chi connectivity index (χ0v) is 14.3. The fourth-order valence-corrected chi connectivity index (χ4v) is 3.65. The van der Waals surface area contributed by atoms with E-state index in [-0.39, 0.29) is 5.56 Å². The quantitative estimate of drug-likeness (QED) is 0.796. The predicted molar refractivity (Wildman–Crippen MR) is 98.7 cm³/mol. The highest BCUT2D eigenvalue weighted by molar-refractivity contribution is 5.91. The van der Waals surface area contributed by atoms with Crippen LogP contribution in [0.15, 0.2) is 41.6 Å². The zero-order valence-electron chi connectivity index (χ0n) is 14.3. The second kappa shape index (κ2) is 6.63. The highest BCUT2D eigenvalue weighted by atomic mass is 16.1. The first-order valence-electron chi connectivity index (χ1n) is 8.84. The summed E-state index contributed by atoms with van der Waals surface area (Å²) in [7, 11) is 0. The second-order valence-corrected chi connectivity index (χ2v) is 6.44. The molecular formula is C19H21N5O. The molecule has 3 aromatic heterocycles. The van der Waals surface area contributed by atoms with Crippen LogP contribution in [0.4, 0.5) is 5.95 Å². The summed E-state index contributed by atoms with van der Waals surface area (Å²) in [4.78, 5) is 31.3. The maximum absolute atomic E-state index is 12.8. The van der Waals surface area contributed by atoms with Gasteiger partial charge >= 0.3 is 0 Å². The van der Waals surface area contributed by atoms with Crippen molar-refractivity contribution in [2.24, 2.45) is 0 Å². The first-order valence-corrected chi connectivity index (χ1v) is 8.84. The fourth-order valence-electron chi connectivity index (χ4n) is 3.65. The molecule has 1 N–H and O–H groups in total. The monoisotopic (exact) mass is 335 g/mol. The molecule has 1 aliphatic rings. The highest BCUT2D eigenvalue weighted by Gasteiger charge is 2.24. The predicted octanol–water partition coefficient (Wildman–Crippen LogP) is 3.15. The Hall–Kier alpha value is -2.76. The van der Waals surface area contributed by atoms with Gasteiger partial charge in [-0.05, 0) is 37.8 Å². The lowest BCUT2D eigenvalue weighted by Crippen LogP contribution is -2.41. The van der Waals surface area contributed by atoms with E-state index in [2.05, 4.69) is 31.8 Å². The van der Waals surface area contributed by atoms with Gasteiger partial charge < -0.3 is 4.90 Å². The summed E-state index contributed by atoms with van der Waals surface area (Å²) < 4.78 is 0. The first-order chi connectivity index (χ1) is 12.3. The van der Waals surface area contributed by atoms with E-state index in [1.54, 1.807) is 18.6 Å². The summed E-state index contributed by atoms with van der Waals surface area (Å²) in [5.41, 5.74) is 2.04. The van der Waals surface area contributed by atoms with Crippen LogP contribution in [0.5, 0.6) is 0 Å². The van der Waals surface area contributed by atoms with E-state index >= 15 is 0 Å². The van der Waals surface area contributed by atoms with E-state index in [4.69, 9.17) is 0 Å². The molecule has 0 spiro atoms. The van der Waals surface area contributed by atoms with Gasteiger partial charge in [0.1, 0.15) is 0 Å². The number of rotatable bonds is 3. The third-order valence-corrected chi connectivity index (χ3v) is 4.94. The van der Waals surface area contributed by atoms with Crippen LogP contribution in [-0.2, 0) is 0 Å². The molecule has 1 fully saturated rings. The molecule has 4 rings (SSSR count). The molecule has 128 valence electrons. The Morgan fingerprint density at radius 2 is 2.20 bits per heavy atom. The number of aromatic amines is 1. The van der Waals surface area contributed by atoms with E-state index in [0.29, 0.717) is 23.0 Å². The summed E-state index contributed by atoms with van der Waals surface area (Å²) in [5.74, 6) is 0.639. The third-order valence-electron chi connectivity index (χ3n) is 4.94. The summed E-state index contributed by atoms with van der Waals surface area (Å²) >= 11 is 0. The zero-order chi connectivity index (χ0) is 17.2. The average molecular weight is 335 g/mol. The number of fused-ring (bicyclic) bond motifs is 1. The highest BCUT2D eigenvalue weighted by Crippen LogP contribution is 2.26. The lowest BCUT2D eigenvalue weighted by atomic mass is 10.0. The van der Waals surface area contributed by atoms with Crippen molar-refractivity contribution in [2.75, 3.05) is 11.4 Å². The molecule has 0 saturated carbocycles. The van der Waals surface area contributed by atoms with E-state index in [1.807, 2.05) is 18.2 Å². The van der Waals surface area contributed by atoms with Gasteiger partial charge in [-0.3, -0.25) is 14.8 Å². The van der Waals surface area contributed by atoms with Crippen molar-refractivity contribution < 1.29 is 0 Å². The van der Waals surface area contributed by atoms with Gasteiger partial charge in [-0.1, -0.05) is 13.0 Å². The minimum Gasteiger partial charge on any atom is -0.339 e. The Kier molecular flexibility index (Phi) is 4.17. The molecule has 0 aliphatic carbocycles. The van der Waals surface area contributed by atoms with Crippen molar-refractivity contribution in [2.45, 2.75) is 38.6 Å². The molecule has 25 heavy (non-hydrogen) atoms. The van der Waals surface area contributed by atoms with Crippen LogP contribution in [-0.4, -0.2) is 32.5 Å². The van der Waals surface area contributed by atoms with Crippen molar-refractivity contribution in [3.05, 3.63) is 47.1 Å². The molecule has 0 aromatic carbocycles. The molecule has 3 aromatic rings. The van der Waals surface area contributed by atoms with Crippen LogP contribution in [0.1, 0.15) is 32.6 Å². The number of pyridine rings is 2. The Bertz CT molecular complexity index is 937. The number of aromatic nitrogens is 4. The summed E-state index contributed by atoms with van der Waals surface area (Å²) in [6.45, 7) is 3.11. The fraction of sp³-hybridized carbons (Fsp3) is 0.368. The maximum atomic E-state index is 12.8. The molecule has 0 amide bonds. The Morgan fingerprint density at radius 1 is 1.28 bits per heavy atom. The van der Waals surface area contributed by atoms with Gasteiger partial charge in [0.2, 0.25) is 5.95 Å². The number of anilines is 1. The van der Waals surface area contributed by atoms with E-state index in [0.717, 1.165) is 36.9 Å². The molecule has 6 heteroatoms. The van der Waals surface area contributed by atoms with Crippen LogP contribution in [0.3, 0.4) is 0 Å².